The van der Waals surface area contributed by atoms with Gasteiger partial charge in [-0.3, -0.25) is 14.5 Å². The number of ether oxygens (including phenoxy) is 1. The molecule has 2 amide bonds. The Labute approximate surface area is 152 Å². The third kappa shape index (κ3) is 2.30. The van der Waals surface area contributed by atoms with Crippen LogP contribution in [0.1, 0.15) is 38.8 Å². The highest BCUT2D eigenvalue weighted by molar-refractivity contribution is 6.26. The zero-order valence-corrected chi connectivity index (χ0v) is 15.0. The molecule has 0 spiro atoms. The second kappa shape index (κ2) is 5.99. The molecule has 0 unspecified atom stereocenters. The lowest BCUT2D eigenvalue weighted by Gasteiger charge is -2.26. The summed E-state index contributed by atoms with van der Waals surface area (Å²) in [5, 5.41) is 1.45. The molecule has 1 heterocycles. The van der Waals surface area contributed by atoms with Gasteiger partial charge in [-0.1, -0.05) is 30.3 Å². The summed E-state index contributed by atoms with van der Waals surface area (Å²) in [4.78, 5) is 26.7. The van der Waals surface area contributed by atoms with E-state index in [2.05, 4.69) is 0 Å². The van der Waals surface area contributed by atoms with Gasteiger partial charge in [0.15, 0.2) is 0 Å². The lowest BCUT2D eigenvalue weighted by Crippen LogP contribution is -2.40. The highest BCUT2D eigenvalue weighted by atomic mass is 16.5. The van der Waals surface area contributed by atoms with E-state index in [1.807, 2.05) is 50.2 Å². The van der Waals surface area contributed by atoms with Gasteiger partial charge in [0, 0.05) is 28.4 Å². The van der Waals surface area contributed by atoms with Gasteiger partial charge < -0.3 is 4.74 Å². The molecule has 4 heteroatoms. The molecule has 0 bridgehead atoms. The number of hydrogen-bond acceptors (Lipinski definition) is 3. The second-order valence-electron chi connectivity index (χ2n) is 6.52. The zero-order chi connectivity index (χ0) is 18.4. The van der Waals surface area contributed by atoms with Gasteiger partial charge in [0.25, 0.3) is 11.8 Å². The normalized spacial score (nSPS) is 13.4. The van der Waals surface area contributed by atoms with Crippen molar-refractivity contribution in [1.82, 2.24) is 4.90 Å². The Morgan fingerprint density at radius 1 is 0.846 bits per heavy atom. The predicted octanol–water partition coefficient (Wildman–Crippen LogP) is 4.86. The largest absolute Gasteiger partial charge is 0.456 e. The summed E-state index contributed by atoms with van der Waals surface area (Å²) < 4.78 is 6.22. The van der Waals surface area contributed by atoms with Crippen molar-refractivity contribution in [3.05, 3.63) is 70.8 Å². The molecule has 26 heavy (non-hydrogen) atoms. The summed E-state index contributed by atoms with van der Waals surface area (Å²) in [5.74, 6) is 0.949. The van der Waals surface area contributed by atoms with Gasteiger partial charge in [0.1, 0.15) is 11.5 Å². The first-order chi connectivity index (χ1) is 12.5. The van der Waals surface area contributed by atoms with Crippen LogP contribution >= 0.6 is 0 Å². The number of aryl methyl sites for hydroxylation is 2. The molecule has 1 aliphatic heterocycles. The highest BCUT2D eigenvalue weighted by Crippen LogP contribution is 2.38. The van der Waals surface area contributed by atoms with Crippen LogP contribution in [0.3, 0.4) is 0 Å². The molecule has 0 saturated heterocycles. The van der Waals surface area contributed by atoms with Gasteiger partial charge in [-0.15, -0.1) is 0 Å². The Kier molecular flexibility index (Phi) is 3.76. The minimum absolute atomic E-state index is 0.250. The molecule has 0 aromatic heterocycles. The lowest BCUT2D eigenvalue weighted by atomic mass is 9.93. The van der Waals surface area contributed by atoms with Gasteiger partial charge in [-0.05, 0) is 50.1 Å². The van der Waals surface area contributed by atoms with Crippen LogP contribution in [0, 0.1) is 13.8 Å². The average molecular weight is 345 g/mol. The van der Waals surface area contributed by atoms with Crippen molar-refractivity contribution < 1.29 is 14.3 Å². The number of benzene rings is 3. The van der Waals surface area contributed by atoms with Gasteiger partial charge in [0.2, 0.25) is 0 Å². The van der Waals surface area contributed by atoms with Crippen molar-refractivity contribution in [2.24, 2.45) is 0 Å². The van der Waals surface area contributed by atoms with Crippen molar-refractivity contribution in [1.29, 1.82) is 0 Å². The van der Waals surface area contributed by atoms with Crippen molar-refractivity contribution in [3.8, 4) is 11.5 Å². The lowest BCUT2D eigenvalue weighted by molar-refractivity contribution is 0.0619. The molecule has 4 rings (SSSR count). The monoisotopic (exact) mass is 345 g/mol. The summed E-state index contributed by atoms with van der Waals surface area (Å²) in [7, 11) is 0. The topological polar surface area (TPSA) is 46.6 Å². The Morgan fingerprint density at radius 2 is 1.46 bits per heavy atom. The number of carbonyl (C=O) groups excluding carboxylic acids is 2. The van der Waals surface area contributed by atoms with E-state index in [1.165, 1.54) is 4.90 Å². The molecule has 0 fully saturated rings. The smallest absolute Gasteiger partial charge is 0.261 e. The molecule has 130 valence electrons. The van der Waals surface area contributed by atoms with E-state index in [1.54, 1.807) is 19.1 Å². The number of carbonyl (C=O) groups is 2. The van der Waals surface area contributed by atoms with Crippen molar-refractivity contribution in [2.75, 3.05) is 6.54 Å². The van der Waals surface area contributed by atoms with Crippen LogP contribution in [0.2, 0.25) is 0 Å². The quantitative estimate of drug-likeness (QED) is 0.637. The van der Waals surface area contributed by atoms with E-state index in [9.17, 15) is 9.59 Å². The number of imide groups is 1. The molecule has 1 aliphatic rings. The molecule has 0 radical (unpaired) electrons. The molecule has 0 saturated carbocycles. The summed E-state index contributed by atoms with van der Waals surface area (Å²) in [6.45, 7) is 6.16. The summed E-state index contributed by atoms with van der Waals surface area (Å²) in [6.07, 6.45) is 0. The number of amides is 2. The molecule has 0 atom stereocenters. The summed E-state index contributed by atoms with van der Waals surface area (Å²) in [5.41, 5.74) is 3.17. The minimum Gasteiger partial charge on any atom is -0.456 e. The minimum atomic E-state index is -0.250. The Morgan fingerprint density at radius 3 is 2.12 bits per heavy atom. The number of para-hydroxylation sites is 1. The van der Waals surface area contributed by atoms with E-state index < -0.39 is 0 Å². The number of hydrogen-bond donors (Lipinski definition) is 0. The van der Waals surface area contributed by atoms with Crippen LogP contribution in [-0.2, 0) is 0 Å². The van der Waals surface area contributed by atoms with Crippen LogP contribution in [0.15, 0.2) is 48.5 Å². The molecule has 4 nitrogen and oxygen atoms in total. The van der Waals surface area contributed by atoms with E-state index in [0.717, 1.165) is 22.3 Å². The van der Waals surface area contributed by atoms with Crippen molar-refractivity contribution in [3.63, 3.8) is 0 Å². The van der Waals surface area contributed by atoms with E-state index >= 15 is 0 Å². The summed E-state index contributed by atoms with van der Waals surface area (Å²) in [6, 6.07) is 15.1. The first kappa shape index (κ1) is 16.3. The first-order valence-electron chi connectivity index (χ1n) is 8.69. The van der Waals surface area contributed by atoms with E-state index in [0.29, 0.717) is 28.8 Å². The van der Waals surface area contributed by atoms with E-state index in [4.69, 9.17) is 4.74 Å². The van der Waals surface area contributed by atoms with Crippen LogP contribution in [0.5, 0.6) is 11.5 Å². The maximum absolute atomic E-state index is 12.7. The maximum Gasteiger partial charge on any atom is 0.261 e. The number of nitrogens with zero attached hydrogens (tertiary/aromatic N) is 1. The molecule has 0 aliphatic carbocycles. The predicted molar refractivity (Wildman–Crippen MR) is 101 cm³/mol. The van der Waals surface area contributed by atoms with E-state index in [-0.39, 0.29) is 11.8 Å². The third-order valence-corrected chi connectivity index (χ3v) is 4.89. The molecule has 0 N–H and O–H groups in total. The maximum atomic E-state index is 12.7. The fourth-order valence-corrected chi connectivity index (χ4v) is 3.57. The Hall–Kier alpha value is -3.14. The van der Waals surface area contributed by atoms with Crippen LogP contribution in [0.25, 0.3) is 10.8 Å². The van der Waals surface area contributed by atoms with Crippen LogP contribution in [-0.4, -0.2) is 23.3 Å². The average Bonchev–Trinajstić information content (AvgIpc) is 2.64. The molecular formula is C22H19NO3. The molecule has 3 aromatic rings. The van der Waals surface area contributed by atoms with Crippen molar-refractivity contribution in [2.45, 2.75) is 20.8 Å². The fraction of sp³-hybridized carbons (Fsp3) is 0.182. The zero-order valence-electron chi connectivity index (χ0n) is 15.0. The standard InChI is InChI=1S/C22H19NO3/c1-4-23-21(24)16-10-6-9-15-18(12-11-17(19(15)16)22(23)25)26-20-13(2)7-5-8-14(20)3/h5-12H,4H2,1-3H3. The Balaban J connectivity index is 1.93. The van der Waals surface area contributed by atoms with Gasteiger partial charge in [-0.2, -0.15) is 0 Å². The first-order valence-corrected chi connectivity index (χ1v) is 8.69. The van der Waals surface area contributed by atoms with Gasteiger partial charge in [-0.25, -0.2) is 0 Å². The van der Waals surface area contributed by atoms with Crippen LogP contribution in [0.4, 0.5) is 0 Å². The van der Waals surface area contributed by atoms with Gasteiger partial charge >= 0.3 is 0 Å². The van der Waals surface area contributed by atoms with Crippen LogP contribution < -0.4 is 4.74 Å². The molecule has 3 aromatic carbocycles. The second-order valence-corrected chi connectivity index (χ2v) is 6.52. The summed E-state index contributed by atoms with van der Waals surface area (Å²) >= 11 is 0. The highest BCUT2D eigenvalue weighted by Gasteiger charge is 2.32. The number of rotatable bonds is 3. The SMILES string of the molecule is CCN1C(=O)c2cccc3c(Oc4c(C)cccc4C)ccc(c23)C1=O. The third-order valence-electron chi connectivity index (χ3n) is 4.89. The van der Waals surface area contributed by atoms with Crippen molar-refractivity contribution >= 4 is 22.6 Å². The molecular weight excluding hydrogens is 326 g/mol. The Bertz CT molecular complexity index is 1030. The van der Waals surface area contributed by atoms with Gasteiger partial charge in [0.05, 0.1) is 0 Å². The fourth-order valence-electron chi connectivity index (χ4n) is 3.57.